The van der Waals surface area contributed by atoms with Gasteiger partial charge < -0.3 is 15.4 Å². The summed E-state index contributed by atoms with van der Waals surface area (Å²) < 4.78 is 5.23. The number of halogens is 1. The molecule has 138 valence electrons. The van der Waals surface area contributed by atoms with Gasteiger partial charge in [0.1, 0.15) is 12.3 Å². The van der Waals surface area contributed by atoms with Crippen LogP contribution < -0.4 is 15.4 Å². The smallest absolute Gasteiger partial charge is 0.287 e. The van der Waals surface area contributed by atoms with Gasteiger partial charge in [-0.25, -0.2) is 0 Å². The zero-order valence-electron chi connectivity index (χ0n) is 15.1. The zero-order valence-corrected chi connectivity index (χ0v) is 15.8. The summed E-state index contributed by atoms with van der Waals surface area (Å²) in [4.78, 5) is 13.0. The van der Waals surface area contributed by atoms with E-state index in [1.165, 1.54) is 0 Å². The van der Waals surface area contributed by atoms with Gasteiger partial charge in [0.05, 0.1) is 7.11 Å². The van der Waals surface area contributed by atoms with E-state index < -0.39 is 0 Å². The number of anilines is 1. The molecule has 1 amide bonds. The molecule has 0 aliphatic heterocycles. The molecule has 1 atom stereocenters. The van der Waals surface area contributed by atoms with Crippen LogP contribution in [-0.2, 0) is 11.3 Å². The van der Waals surface area contributed by atoms with Crippen LogP contribution in [0.2, 0.25) is 5.02 Å². The third-order valence-corrected chi connectivity index (χ3v) is 4.49. The summed E-state index contributed by atoms with van der Waals surface area (Å²) in [5.74, 6) is 0.614. The molecule has 0 unspecified atom stereocenters. The first-order valence-corrected chi connectivity index (χ1v) is 9.11. The lowest BCUT2D eigenvalue weighted by Gasteiger charge is -2.16. The first-order valence-electron chi connectivity index (χ1n) is 8.73. The van der Waals surface area contributed by atoms with Gasteiger partial charge in [0.15, 0.2) is 6.04 Å². The number of carbonyl (C=O) groups is 1. The Kier molecular flexibility index (Phi) is 6.47. The largest absolute Gasteiger partial charge is 0.497 e. The van der Waals surface area contributed by atoms with Crippen molar-refractivity contribution in [2.24, 2.45) is 0 Å². The maximum absolute atomic E-state index is 13.0. The maximum atomic E-state index is 13.0. The number of benzene rings is 3. The van der Waals surface area contributed by atoms with E-state index >= 15 is 0 Å². The maximum Gasteiger partial charge on any atom is 0.287 e. The van der Waals surface area contributed by atoms with Crippen molar-refractivity contribution >= 4 is 23.2 Å². The van der Waals surface area contributed by atoms with E-state index in [2.05, 4.69) is 5.32 Å². The number of nitrogens with one attached hydrogen (secondary N) is 1. The predicted octanol–water partition coefficient (Wildman–Crippen LogP) is 3.79. The first-order chi connectivity index (χ1) is 13.2. The average Bonchev–Trinajstić information content (AvgIpc) is 2.69. The van der Waals surface area contributed by atoms with Crippen LogP contribution in [0.3, 0.4) is 0 Å². The highest BCUT2D eigenvalue weighted by Gasteiger charge is 2.24. The van der Waals surface area contributed by atoms with Crippen LogP contribution in [0.15, 0.2) is 78.9 Å². The van der Waals surface area contributed by atoms with Crippen molar-refractivity contribution < 1.29 is 14.8 Å². The Bertz CT molecular complexity index is 900. The second-order valence-corrected chi connectivity index (χ2v) is 6.62. The molecule has 3 aromatic rings. The van der Waals surface area contributed by atoms with Crippen LogP contribution in [0.4, 0.5) is 5.69 Å². The third-order valence-electron chi connectivity index (χ3n) is 4.26. The van der Waals surface area contributed by atoms with Crippen LogP contribution >= 0.6 is 11.6 Å². The van der Waals surface area contributed by atoms with Gasteiger partial charge in [-0.05, 0) is 24.3 Å². The van der Waals surface area contributed by atoms with E-state index in [1.54, 1.807) is 13.2 Å². The van der Waals surface area contributed by atoms with Crippen LogP contribution in [0.25, 0.3) is 0 Å². The lowest BCUT2D eigenvalue weighted by molar-refractivity contribution is -0.697. The average molecular weight is 382 g/mol. The van der Waals surface area contributed by atoms with E-state index in [0.29, 0.717) is 23.0 Å². The quantitative estimate of drug-likeness (QED) is 0.654. The standard InChI is InChI=1S/C22H21ClN2O2/c1-27-20-12-6-11-19(14-20)25-22(26)21(17-8-3-2-4-9-17)24-15-16-7-5-10-18(23)13-16/h2-14,21,24H,15H2,1H3,(H,25,26)/p+1/t21-/m1/s1. The third kappa shape index (κ3) is 5.33. The Morgan fingerprint density at radius 3 is 2.56 bits per heavy atom. The van der Waals surface area contributed by atoms with Crippen molar-refractivity contribution in [3.05, 3.63) is 95.0 Å². The Morgan fingerprint density at radius 1 is 1.04 bits per heavy atom. The second-order valence-electron chi connectivity index (χ2n) is 6.18. The molecule has 0 aromatic heterocycles. The van der Waals surface area contributed by atoms with Crippen molar-refractivity contribution in [2.45, 2.75) is 12.6 Å². The second kappa shape index (κ2) is 9.21. The van der Waals surface area contributed by atoms with Gasteiger partial charge in [-0.1, -0.05) is 60.1 Å². The SMILES string of the molecule is COc1cccc(NC(=O)[C@H]([NH2+]Cc2cccc(Cl)c2)c2ccccc2)c1. The summed E-state index contributed by atoms with van der Waals surface area (Å²) in [5, 5.41) is 5.69. The normalized spacial score (nSPS) is 11.6. The highest BCUT2D eigenvalue weighted by Crippen LogP contribution is 2.19. The highest BCUT2D eigenvalue weighted by molar-refractivity contribution is 6.30. The summed E-state index contributed by atoms with van der Waals surface area (Å²) in [7, 11) is 1.60. The molecule has 3 aromatic carbocycles. The summed E-state index contributed by atoms with van der Waals surface area (Å²) in [6.07, 6.45) is 0. The number of methoxy groups -OCH3 is 1. The minimum absolute atomic E-state index is 0.0866. The van der Waals surface area contributed by atoms with Gasteiger partial charge in [0.25, 0.3) is 5.91 Å². The minimum atomic E-state index is -0.378. The molecular weight excluding hydrogens is 360 g/mol. The molecule has 0 saturated carbocycles. The first kappa shape index (κ1) is 19.0. The number of rotatable bonds is 7. The van der Waals surface area contributed by atoms with Crippen LogP contribution in [0.1, 0.15) is 17.2 Å². The topological polar surface area (TPSA) is 54.9 Å². The van der Waals surface area contributed by atoms with Gasteiger partial charge in [0.2, 0.25) is 0 Å². The van der Waals surface area contributed by atoms with Gasteiger partial charge >= 0.3 is 0 Å². The van der Waals surface area contributed by atoms with Crippen molar-refractivity contribution in [1.82, 2.24) is 0 Å². The summed E-state index contributed by atoms with van der Waals surface area (Å²) in [6, 6.07) is 24.4. The van der Waals surface area contributed by atoms with Crippen LogP contribution in [0.5, 0.6) is 5.75 Å². The van der Waals surface area contributed by atoms with Gasteiger partial charge in [-0.15, -0.1) is 0 Å². The molecule has 0 aliphatic carbocycles. The molecule has 3 rings (SSSR count). The number of quaternary nitrogens is 1. The van der Waals surface area contributed by atoms with Gasteiger partial charge in [0, 0.05) is 27.9 Å². The molecule has 0 aliphatic rings. The molecular formula is C22H22ClN2O2+. The number of carbonyl (C=O) groups excluding carboxylic acids is 1. The van der Waals surface area contributed by atoms with Crippen LogP contribution in [-0.4, -0.2) is 13.0 Å². The highest BCUT2D eigenvalue weighted by atomic mass is 35.5. The van der Waals surface area contributed by atoms with E-state index in [0.717, 1.165) is 11.1 Å². The fourth-order valence-corrected chi connectivity index (χ4v) is 3.11. The van der Waals surface area contributed by atoms with Crippen molar-refractivity contribution in [3.63, 3.8) is 0 Å². The molecule has 0 spiro atoms. The molecule has 0 fully saturated rings. The zero-order chi connectivity index (χ0) is 19.1. The molecule has 0 radical (unpaired) electrons. The predicted molar refractivity (Wildman–Crippen MR) is 108 cm³/mol. The molecule has 27 heavy (non-hydrogen) atoms. The molecule has 0 bridgehead atoms. The molecule has 4 nitrogen and oxygen atoms in total. The Morgan fingerprint density at radius 2 is 1.81 bits per heavy atom. The fourth-order valence-electron chi connectivity index (χ4n) is 2.89. The summed E-state index contributed by atoms with van der Waals surface area (Å²) in [6.45, 7) is 0.644. The number of amides is 1. The molecule has 0 heterocycles. The summed E-state index contributed by atoms with van der Waals surface area (Å²) >= 11 is 6.07. The molecule has 5 heteroatoms. The van der Waals surface area contributed by atoms with Crippen LogP contribution in [0, 0.1) is 0 Å². The number of hydrogen-bond acceptors (Lipinski definition) is 2. The number of ether oxygens (including phenoxy) is 1. The Hall–Kier alpha value is -2.82. The van der Waals surface area contributed by atoms with Crippen molar-refractivity contribution in [3.8, 4) is 5.75 Å². The number of nitrogens with two attached hydrogens (primary N) is 1. The lowest BCUT2D eigenvalue weighted by atomic mass is 10.1. The van der Waals surface area contributed by atoms with Crippen molar-refractivity contribution in [1.29, 1.82) is 0 Å². The lowest BCUT2D eigenvalue weighted by Crippen LogP contribution is -2.85. The Balaban J connectivity index is 1.77. The molecule has 3 N–H and O–H groups in total. The van der Waals surface area contributed by atoms with E-state index in [1.807, 2.05) is 78.1 Å². The number of hydrogen-bond donors (Lipinski definition) is 2. The fraction of sp³-hybridized carbons (Fsp3) is 0.136. The van der Waals surface area contributed by atoms with E-state index in [9.17, 15) is 4.79 Å². The monoisotopic (exact) mass is 381 g/mol. The van der Waals surface area contributed by atoms with E-state index in [4.69, 9.17) is 16.3 Å². The Labute approximate surface area is 164 Å². The molecule has 0 saturated heterocycles. The minimum Gasteiger partial charge on any atom is -0.497 e. The van der Waals surface area contributed by atoms with E-state index in [-0.39, 0.29) is 11.9 Å². The van der Waals surface area contributed by atoms with Gasteiger partial charge in [-0.3, -0.25) is 4.79 Å². The van der Waals surface area contributed by atoms with Gasteiger partial charge in [-0.2, -0.15) is 0 Å². The van der Waals surface area contributed by atoms with Crippen molar-refractivity contribution in [2.75, 3.05) is 12.4 Å². The summed E-state index contributed by atoms with van der Waals surface area (Å²) in [5.41, 5.74) is 2.72.